The van der Waals surface area contributed by atoms with Crippen molar-refractivity contribution in [1.82, 2.24) is 0 Å². The summed E-state index contributed by atoms with van der Waals surface area (Å²) in [5.41, 5.74) is 4.42. The molecule has 0 fully saturated rings. The molecule has 0 amide bonds. The first-order valence-corrected chi connectivity index (χ1v) is 6.61. The van der Waals surface area contributed by atoms with Crippen molar-refractivity contribution >= 4 is 11.6 Å². The highest BCUT2D eigenvalue weighted by Gasteiger charge is 2.10. The van der Waals surface area contributed by atoms with Crippen molar-refractivity contribution < 1.29 is 4.39 Å². The molecule has 2 aromatic carbocycles. The van der Waals surface area contributed by atoms with Crippen LogP contribution in [0, 0.1) is 5.82 Å². The average Bonchev–Trinajstić information content (AvgIpc) is 2.39. The van der Waals surface area contributed by atoms with Gasteiger partial charge in [0, 0.05) is 5.02 Å². The second kappa shape index (κ2) is 5.53. The Balaban J connectivity index is 2.57. The van der Waals surface area contributed by atoms with E-state index in [-0.39, 0.29) is 5.82 Å². The van der Waals surface area contributed by atoms with E-state index >= 15 is 0 Å². The summed E-state index contributed by atoms with van der Waals surface area (Å²) in [7, 11) is 0. The standard InChI is InChI=1S/C16H16ClF/c1-3-11-7-10-15(14(4-2)16(11)17)12-5-8-13(18)9-6-12/h5-10H,3-4H2,1-2H3. The second-order valence-corrected chi connectivity index (χ2v) is 4.66. The van der Waals surface area contributed by atoms with Gasteiger partial charge in [0.15, 0.2) is 0 Å². The number of rotatable bonds is 3. The highest BCUT2D eigenvalue weighted by Crippen LogP contribution is 2.32. The Morgan fingerprint density at radius 1 is 0.944 bits per heavy atom. The normalized spacial score (nSPS) is 10.7. The Morgan fingerprint density at radius 2 is 1.61 bits per heavy atom. The monoisotopic (exact) mass is 262 g/mol. The number of hydrogen-bond donors (Lipinski definition) is 0. The fourth-order valence-electron chi connectivity index (χ4n) is 2.19. The molecule has 0 unspecified atom stereocenters. The van der Waals surface area contributed by atoms with Crippen molar-refractivity contribution in [2.75, 3.05) is 0 Å². The van der Waals surface area contributed by atoms with Crippen LogP contribution in [-0.4, -0.2) is 0 Å². The van der Waals surface area contributed by atoms with E-state index in [9.17, 15) is 4.39 Å². The number of benzene rings is 2. The van der Waals surface area contributed by atoms with Gasteiger partial charge in [-0.05, 0) is 47.2 Å². The Bertz CT molecular complexity index is 544. The Hall–Kier alpha value is -1.34. The fraction of sp³-hybridized carbons (Fsp3) is 0.250. The van der Waals surface area contributed by atoms with Crippen LogP contribution in [0.4, 0.5) is 4.39 Å². The van der Waals surface area contributed by atoms with Gasteiger partial charge in [0.05, 0.1) is 0 Å². The van der Waals surface area contributed by atoms with Crippen molar-refractivity contribution in [2.24, 2.45) is 0 Å². The van der Waals surface area contributed by atoms with Crippen molar-refractivity contribution in [1.29, 1.82) is 0 Å². The summed E-state index contributed by atoms with van der Waals surface area (Å²) in [5, 5.41) is 0.849. The Morgan fingerprint density at radius 3 is 2.17 bits per heavy atom. The highest BCUT2D eigenvalue weighted by atomic mass is 35.5. The van der Waals surface area contributed by atoms with Gasteiger partial charge in [-0.25, -0.2) is 4.39 Å². The lowest BCUT2D eigenvalue weighted by Crippen LogP contribution is -1.94. The van der Waals surface area contributed by atoms with Crippen LogP contribution in [-0.2, 0) is 12.8 Å². The van der Waals surface area contributed by atoms with Gasteiger partial charge in [0.1, 0.15) is 5.82 Å². The minimum absolute atomic E-state index is 0.215. The second-order valence-electron chi connectivity index (χ2n) is 4.28. The molecule has 0 N–H and O–H groups in total. The van der Waals surface area contributed by atoms with Crippen molar-refractivity contribution in [3.63, 3.8) is 0 Å². The zero-order chi connectivity index (χ0) is 13.1. The quantitative estimate of drug-likeness (QED) is 0.707. The number of hydrogen-bond acceptors (Lipinski definition) is 0. The van der Waals surface area contributed by atoms with E-state index in [0.29, 0.717) is 0 Å². The highest BCUT2D eigenvalue weighted by molar-refractivity contribution is 6.32. The molecule has 0 atom stereocenters. The van der Waals surface area contributed by atoms with Gasteiger partial charge in [-0.1, -0.05) is 49.7 Å². The Labute approximate surface area is 112 Å². The summed E-state index contributed by atoms with van der Waals surface area (Å²) in [6, 6.07) is 10.7. The molecule has 0 nitrogen and oxygen atoms in total. The molecular formula is C16H16ClF. The van der Waals surface area contributed by atoms with Crippen LogP contribution in [0.5, 0.6) is 0 Å². The van der Waals surface area contributed by atoms with Crippen molar-refractivity contribution in [3.05, 3.63) is 58.4 Å². The molecule has 2 heteroatoms. The van der Waals surface area contributed by atoms with E-state index in [2.05, 4.69) is 26.0 Å². The van der Waals surface area contributed by atoms with Gasteiger partial charge >= 0.3 is 0 Å². The molecule has 0 aromatic heterocycles. The van der Waals surface area contributed by atoms with E-state index in [4.69, 9.17) is 11.6 Å². The van der Waals surface area contributed by atoms with Crippen LogP contribution in [0.1, 0.15) is 25.0 Å². The summed E-state index contributed by atoms with van der Waals surface area (Å²) in [6.07, 6.45) is 1.80. The number of aryl methyl sites for hydroxylation is 1. The molecule has 0 aliphatic carbocycles. The number of halogens is 2. The maximum Gasteiger partial charge on any atom is 0.123 e. The maximum atomic E-state index is 13.0. The van der Waals surface area contributed by atoms with E-state index in [0.717, 1.165) is 34.6 Å². The largest absolute Gasteiger partial charge is 0.207 e. The smallest absolute Gasteiger partial charge is 0.123 e. The molecule has 0 spiro atoms. The third-order valence-electron chi connectivity index (χ3n) is 3.21. The summed E-state index contributed by atoms with van der Waals surface area (Å²) >= 11 is 6.42. The summed E-state index contributed by atoms with van der Waals surface area (Å²) in [6.45, 7) is 4.19. The van der Waals surface area contributed by atoms with Crippen LogP contribution < -0.4 is 0 Å². The van der Waals surface area contributed by atoms with Gasteiger partial charge in [0.25, 0.3) is 0 Å². The molecule has 0 radical (unpaired) electrons. The van der Waals surface area contributed by atoms with Crippen LogP contribution in [0.15, 0.2) is 36.4 Å². The maximum absolute atomic E-state index is 13.0. The Kier molecular flexibility index (Phi) is 4.03. The molecule has 0 saturated heterocycles. The summed E-state index contributed by atoms with van der Waals surface area (Å²) < 4.78 is 13.0. The first kappa shape index (κ1) is 13.1. The average molecular weight is 263 g/mol. The van der Waals surface area contributed by atoms with E-state index < -0.39 is 0 Å². The van der Waals surface area contributed by atoms with E-state index in [1.165, 1.54) is 17.7 Å². The minimum atomic E-state index is -0.215. The first-order valence-electron chi connectivity index (χ1n) is 6.23. The molecule has 0 bridgehead atoms. The SMILES string of the molecule is CCc1ccc(-c2ccc(F)cc2)c(CC)c1Cl. The lowest BCUT2D eigenvalue weighted by molar-refractivity contribution is 0.628. The van der Waals surface area contributed by atoms with Crippen LogP contribution >= 0.6 is 11.6 Å². The molecule has 0 heterocycles. The third kappa shape index (κ3) is 2.41. The van der Waals surface area contributed by atoms with E-state index in [1.807, 2.05) is 0 Å². The topological polar surface area (TPSA) is 0 Å². The van der Waals surface area contributed by atoms with Gasteiger partial charge in [-0.3, -0.25) is 0 Å². The molecular weight excluding hydrogens is 247 g/mol. The van der Waals surface area contributed by atoms with Gasteiger partial charge in [0.2, 0.25) is 0 Å². The predicted molar refractivity (Wildman–Crippen MR) is 75.6 cm³/mol. The van der Waals surface area contributed by atoms with Gasteiger partial charge in [-0.15, -0.1) is 0 Å². The van der Waals surface area contributed by atoms with Crippen LogP contribution in [0.25, 0.3) is 11.1 Å². The first-order chi connectivity index (χ1) is 8.67. The van der Waals surface area contributed by atoms with Crippen LogP contribution in [0.2, 0.25) is 5.02 Å². The molecule has 2 rings (SSSR count). The molecule has 18 heavy (non-hydrogen) atoms. The molecule has 0 aliphatic heterocycles. The molecule has 0 saturated carbocycles. The van der Waals surface area contributed by atoms with Crippen LogP contribution in [0.3, 0.4) is 0 Å². The van der Waals surface area contributed by atoms with Gasteiger partial charge < -0.3 is 0 Å². The minimum Gasteiger partial charge on any atom is -0.207 e. The molecule has 0 aliphatic rings. The lowest BCUT2D eigenvalue weighted by atomic mass is 9.95. The van der Waals surface area contributed by atoms with Crippen molar-refractivity contribution in [2.45, 2.75) is 26.7 Å². The van der Waals surface area contributed by atoms with Gasteiger partial charge in [-0.2, -0.15) is 0 Å². The zero-order valence-electron chi connectivity index (χ0n) is 10.6. The summed E-state index contributed by atoms with van der Waals surface area (Å²) in [5.74, 6) is -0.215. The lowest BCUT2D eigenvalue weighted by Gasteiger charge is -2.13. The molecule has 2 aromatic rings. The zero-order valence-corrected chi connectivity index (χ0v) is 11.4. The predicted octanol–water partition coefficient (Wildman–Crippen LogP) is 5.27. The van der Waals surface area contributed by atoms with Crippen molar-refractivity contribution in [3.8, 4) is 11.1 Å². The summed E-state index contributed by atoms with van der Waals surface area (Å²) in [4.78, 5) is 0. The fourth-order valence-corrected chi connectivity index (χ4v) is 2.62. The molecule has 94 valence electrons. The van der Waals surface area contributed by atoms with E-state index in [1.54, 1.807) is 12.1 Å². The third-order valence-corrected chi connectivity index (χ3v) is 3.68.